The van der Waals surface area contributed by atoms with Crippen LogP contribution in [0.3, 0.4) is 0 Å². The first-order valence-electron chi connectivity index (χ1n) is 6.77. The summed E-state index contributed by atoms with van der Waals surface area (Å²) in [7, 11) is 0. The van der Waals surface area contributed by atoms with Gasteiger partial charge < -0.3 is 15.2 Å². The summed E-state index contributed by atoms with van der Waals surface area (Å²) < 4.78 is 5.57. The van der Waals surface area contributed by atoms with Crippen molar-refractivity contribution in [1.82, 2.24) is 5.32 Å². The summed E-state index contributed by atoms with van der Waals surface area (Å²) in [5.41, 5.74) is 1.96. The molecule has 0 fully saturated rings. The van der Waals surface area contributed by atoms with E-state index in [2.05, 4.69) is 5.32 Å². The van der Waals surface area contributed by atoms with Crippen LogP contribution in [0.25, 0.3) is 0 Å². The molecule has 0 saturated carbocycles. The summed E-state index contributed by atoms with van der Waals surface area (Å²) in [6.07, 6.45) is 1.14. The molecule has 0 spiro atoms. The zero-order chi connectivity index (χ0) is 13.8. The van der Waals surface area contributed by atoms with Crippen molar-refractivity contribution < 1.29 is 14.6 Å². The van der Waals surface area contributed by atoms with Crippen molar-refractivity contribution in [2.45, 2.75) is 32.8 Å². The molecule has 19 heavy (non-hydrogen) atoms. The van der Waals surface area contributed by atoms with E-state index in [0.717, 1.165) is 24.0 Å². The minimum absolute atomic E-state index is 0.0271. The van der Waals surface area contributed by atoms with Crippen molar-refractivity contribution in [2.24, 2.45) is 5.92 Å². The number of amides is 1. The molecule has 0 saturated heterocycles. The molecular weight excluding hydrogens is 242 g/mol. The number of ether oxygens (including phenoxy) is 1. The van der Waals surface area contributed by atoms with Gasteiger partial charge in [-0.2, -0.15) is 0 Å². The molecule has 0 aliphatic heterocycles. The molecule has 1 atom stereocenters. The molecule has 0 bridgehead atoms. The smallest absolute Gasteiger partial charge is 0.257 e. The average Bonchev–Trinajstić information content (AvgIpc) is 2.76. The van der Waals surface area contributed by atoms with Crippen LogP contribution in [0, 0.1) is 5.92 Å². The molecule has 4 nitrogen and oxygen atoms in total. The first kappa shape index (κ1) is 13.9. The zero-order valence-electron chi connectivity index (χ0n) is 11.5. The Kier molecular flexibility index (Phi) is 4.43. The number of fused-ring (bicyclic) bond motifs is 1. The topological polar surface area (TPSA) is 58.6 Å². The van der Waals surface area contributed by atoms with Crippen LogP contribution in [0.2, 0.25) is 0 Å². The van der Waals surface area contributed by atoms with Crippen LogP contribution in [0.15, 0.2) is 18.2 Å². The van der Waals surface area contributed by atoms with E-state index in [1.54, 1.807) is 0 Å². The normalized spacial score (nSPS) is 17.4. The number of nitrogens with one attached hydrogen (secondary N) is 1. The SMILES string of the molecule is CC(C)CNC(=O)COc1cccc2c1CCC2O. The quantitative estimate of drug-likeness (QED) is 0.852. The van der Waals surface area contributed by atoms with Crippen LogP contribution in [-0.2, 0) is 11.2 Å². The summed E-state index contributed by atoms with van der Waals surface area (Å²) in [4.78, 5) is 11.6. The van der Waals surface area contributed by atoms with Gasteiger partial charge in [-0.15, -0.1) is 0 Å². The number of rotatable bonds is 5. The molecule has 1 aromatic carbocycles. The standard InChI is InChI=1S/C15H21NO3/c1-10(2)8-16-15(18)9-19-14-5-3-4-11-12(14)6-7-13(11)17/h3-5,10,13,17H,6-9H2,1-2H3,(H,16,18). The van der Waals surface area contributed by atoms with Crippen LogP contribution in [0.1, 0.15) is 37.5 Å². The van der Waals surface area contributed by atoms with Crippen molar-refractivity contribution in [3.8, 4) is 5.75 Å². The van der Waals surface area contributed by atoms with Gasteiger partial charge in [0.25, 0.3) is 5.91 Å². The van der Waals surface area contributed by atoms with Gasteiger partial charge >= 0.3 is 0 Å². The molecule has 0 aromatic heterocycles. The maximum atomic E-state index is 11.6. The summed E-state index contributed by atoms with van der Waals surface area (Å²) in [5, 5.41) is 12.6. The third-order valence-corrected chi connectivity index (χ3v) is 3.26. The van der Waals surface area contributed by atoms with E-state index >= 15 is 0 Å². The minimum atomic E-state index is -0.395. The molecular formula is C15H21NO3. The van der Waals surface area contributed by atoms with E-state index in [4.69, 9.17) is 4.74 Å². The lowest BCUT2D eigenvalue weighted by atomic mass is 10.1. The third-order valence-electron chi connectivity index (χ3n) is 3.26. The fraction of sp³-hybridized carbons (Fsp3) is 0.533. The van der Waals surface area contributed by atoms with Gasteiger partial charge in [-0.25, -0.2) is 0 Å². The van der Waals surface area contributed by atoms with E-state index in [1.165, 1.54) is 0 Å². The highest BCUT2D eigenvalue weighted by Crippen LogP contribution is 2.36. The first-order valence-corrected chi connectivity index (χ1v) is 6.77. The van der Waals surface area contributed by atoms with Crippen LogP contribution in [0.5, 0.6) is 5.75 Å². The molecule has 2 rings (SSSR count). The Morgan fingerprint density at radius 1 is 1.53 bits per heavy atom. The molecule has 2 N–H and O–H groups in total. The van der Waals surface area contributed by atoms with E-state index in [0.29, 0.717) is 18.2 Å². The molecule has 1 amide bonds. The number of carbonyl (C=O) groups excluding carboxylic acids is 1. The Labute approximate surface area is 113 Å². The molecule has 104 valence electrons. The maximum Gasteiger partial charge on any atom is 0.257 e. The second-order valence-electron chi connectivity index (χ2n) is 5.37. The molecule has 1 aromatic rings. The highest BCUT2D eigenvalue weighted by molar-refractivity contribution is 5.77. The highest BCUT2D eigenvalue weighted by Gasteiger charge is 2.23. The highest BCUT2D eigenvalue weighted by atomic mass is 16.5. The fourth-order valence-electron chi connectivity index (χ4n) is 2.25. The number of benzene rings is 1. The molecule has 1 aliphatic carbocycles. The van der Waals surface area contributed by atoms with Gasteiger partial charge in [0.05, 0.1) is 6.10 Å². The second-order valence-corrected chi connectivity index (χ2v) is 5.37. The summed E-state index contributed by atoms with van der Waals surface area (Å²) in [6.45, 7) is 4.78. The van der Waals surface area contributed by atoms with Crippen molar-refractivity contribution in [3.05, 3.63) is 29.3 Å². The Bertz CT molecular complexity index is 457. The lowest BCUT2D eigenvalue weighted by Crippen LogP contribution is -2.31. The van der Waals surface area contributed by atoms with E-state index < -0.39 is 6.10 Å². The van der Waals surface area contributed by atoms with E-state index in [-0.39, 0.29) is 12.5 Å². The van der Waals surface area contributed by atoms with Crippen LogP contribution < -0.4 is 10.1 Å². The van der Waals surface area contributed by atoms with Crippen LogP contribution in [-0.4, -0.2) is 24.2 Å². The predicted octanol–water partition coefficient (Wildman–Crippen LogP) is 1.82. The lowest BCUT2D eigenvalue weighted by Gasteiger charge is -2.12. The largest absolute Gasteiger partial charge is 0.483 e. The van der Waals surface area contributed by atoms with Gasteiger partial charge in [-0.05, 0) is 30.4 Å². The molecule has 1 unspecified atom stereocenters. The summed E-state index contributed by atoms with van der Waals surface area (Å²) in [5.74, 6) is 1.04. The average molecular weight is 263 g/mol. The van der Waals surface area contributed by atoms with Gasteiger partial charge in [0, 0.05) is 12.1 Å². The van der Waals surface area contributed by atoms with Gasteiger partial charge in [0.15, 0.2) is 6.61 Å². The van der Waals surface area contributed by atoms with Crippen molar-refractivity contribution in [3.63, 3.8) is 0 Å². The Morgan fingerprint density at radius 2 is 2.32 bits per heavy atom. The third kappa shape index (κ3) is 3.47. The van der Waals surface area contributed by atoms with Crippen molar-refractivity contribution in [1.29, 1.82) is 0 Å². The minimum Gasteiger partial charge on any atom is -0.483 e. The Hall–Kier alpha value is -1.55. The fourth-order valence-corrected chi connectivity index (χ4v) is 2.25. The van der Waals surface area contributed by atoms with Gasteiger partial charge in [0.2, 0.25) is 0 Å². The number of aliphatic hydroxyl groups is 1. The number of carbonyl (C=O) groups is 1. The molecule has 0 radical (unpaired) electrons. The lowest BCUT2D eigenvalue weighted by molar-refractivity contribution is -0.123. The van der Waals surface area contributed by atoms with E-state index in [9.17, 15) is 9.90 Å². The summed E-state index contributed by atoms with van der Waals surface area (Å²) >= 11 is 0. The Morgan fingerprint density at radius 3 is 3.05 bits per heavy atom. The summed E-state index contributed by atoms with van der Waals surface area (Å²) in [6, 6.07) is 5.63. The van der Waals surface area contributed by atoms with E-state index in [1.807, 2.05) is 32.0 Å². The van der Waals surface area contributed by atoms with Gasteiger partial charge in [-0.1, -0.05) is 26.0 Å². The van der Waals surface area contributed by atoms with Crippen molar-refractivity contribution >= 4 is 5.91 Å². The number of hydrogen-bond acceptors (Lipinski definition) is 3. The Balaban J connectivity index is 1.92. The second kappa shape index (κ2) is 6.06. The number of aliphatic hydroxyl groups excluding tert-OH is 1. The first-order chi connectivity index (χ1) is 9.08. The monoisotopic (exact) mass is 263 g/mol. The molecule has 4 heteroatoms. The molecule has 1 aliphatic rings. The number of hydrogen-bond donors (Lipinski definition) is 2. The zero-order valence-corrected chi connectivity index (χ0v) is 11.5. The predicted molar refractivity (Wildman–Crippen MR) is 73.1 cm³/mol. The van der Waals surface area contributed by atoms with Gasteiger partial charge in [0.1, 0.15) is 5.75 Å². The van der Waals surface area contributed by atoms with Crippen LogP contribution >= 0.6 is 0 Å². The van der Waals surface area contributed by atoms with Crippen LogP contribution in [0.4, 0.5) is 0 Å². The maximum absolute atomic E-state index is 11.6. The van der Waals surface area contributed by atoms with Gasteiger partial charge in [-0.3, -0.25) is 4.79 Å². The molecule has 0 heterocycles. The van der Waals surface area contributed by atoms with Crippen molar-refractivity contribution in [2.75, 3.05) is 13.2 Å².